The highest BCUT2D eigenvalue weighted by atomic mass is 15.1. The van der Waals surface area contributed by atoms with Gasteiger partial charge in [-0.15, -0.1) is 0 Å². The summed E-state index contributed by atoms with van der Waals surface area (Å²) in [5.74, 6) is 11.1. The van der Waals surface area contributed by atoms with Crippen LogP contribution >= 0.6 is 0 Å². The van der Waals surface area contributed by atoms with Crippen LogP contribution in [-0.4, -0.2) is 55.4 Å². The molecule has 6 aromatic carbocycles. The number of amidine groups is 2. The van der Waals surface area contributed by atoms with Gasteiger partial charge in [-0.1, -0.05) is 284 Å². The Morgan fingerprint density at radius 3 is 1.07 bits per heavy atom. The van der Waals surface area contributed by atoms with Gasteiger partial charge < -0.3 is 31.2 Å². The second kappa shape index (κ2) is 54.8. The van der Waals surface area contributed by atoms with Gasteiger partial charge in [-0.05, 0) is 172 Å². The van der Waals surface area contributed by atoms with E-state index in [1.54, 1.807) is 0 Å². The monoisotopic (exact) mass is 1420 g/mol. The van der Waals surface area contributed by atoms with Gasteiger partial charge in [-0.3, -0.25) is 15.0 Å². The first-order valence-corrected chi connectivity index (χ1v) is 38.6. The zero-order valence-corrected chi connectivity index (χ0v) is 69.8. The molecule has 0 fully saturated rings. The number of hydrogen-bond donors (Lipinski definition) is 6. The van der Waals surface area contributed by atoms with E-state index in [-0.39, 0.29) is 14.9 Å². The van der Waals surface area contributed by atoms with Gasteiger partial charge in [0.05, 0.1) is 27.8 Å². The van der Waals surface area contributed by atoms with Crippen LogP contribution in [0.4, 0.5) is 28.7 Å². The Morgan fingerprint density at radius 2 is 0.721 bits per heavy atom. The number of aromatic amines is 2. The van der Waals surface area contributed by atoms with Crippen molar-refractivity contribution in [2.75, 3.05) is 21.3 Å². The van der Waals surface area contributed by atoms with Crippen LogP contribution in [0, 0.1) is 53.3 Å². The molecule has 0 saturated heterocycles. The number of nitrogens with one attached hydrogen (secondary N) is 6. The average molecular weight is 1430 g/mol. The van der Waals surface area contributed by atoms with Crippen LogP contribution in [0.5, 0.6) is 0 Å². The Labute approximate surface area is 638 Å². The molecule has 0 unspecified atom stereocenters. The Morgan fingerprint density at radius 1 is 0.375 bits per heavy atom. The van der Waals surface area contributed by atoms with Gasteiger partial charge in [0.25, 0.3) is 0 Å². The molecule has 0 amide bonds. The molecule has 8 aromatic rings. The summed E-state index contributed by atoms with van der Waals surface area (Å²) < 4.78 is 0. The number of H-pyrrole nitrogens is 2. The van der Waals surface area contributed by atoms with Crippen molar-refractivity contribution in [1.29, 1.82) is 0 Å². The lowest BCUT2D eigenvalue weighted by molar-refractivity contribution is 0.627. The third-order valence-electron chi connectivity index (χ3n) is 12.5. The summed E-state index contributed by atoms with van der Waals surface area (Å²) >= 11 is 0. The van der Waals surface area contributed by atoms with Gasteiger partial charge in [0.15, 0.2) is 0 Å². The van der Waals surface area contributed by atoms with Crippen molar-refractivity contribution in [3.05, 3.63) is 185 Å². The van der Waals surface area contributed by atoms with E-state index in [0.717, 1.165) is 120 Å². The van der Waals surface area contributed by atoms with Crippen LogP contribution in [0.1, 0.15) is 257 Å². The molecule has 0 saturated carbocycles. The van der Waals surface area contributed by atoms with E-state index in [0.29, 0.717) is 35.9 Å². The third kappa shape index (κ3) is 48.3. The predicted molar refractivity (Wildman–Crippen MR) is 472 cm³/mol. The number of anilines is 4. The fourth-order valence-electron chi connectivity index (χ4n) is 9.43. The smallest absolute Gasteiger partial charge is 0.201 e. The molecule has 6 heterocycles. The van der Waals surface area contributed by atoms with E-state index in [9.17, 15) is 0 Å². The lowest BCUT2D eigenvalue weighted by atomic mass is 10.0. The summed E-state index contributed by atoms with van der Waals surface area (Å²) in [6.07, 6.45) is 8.48. The molecule has 4 aliphatic rings. The molecule has 6 N–H and O–H groups in total. The summed E-state index contributed by atoms with van der Waals surface area (Å²) in [4.78, 5) is 29.0. The summed E-state index contributed by atoms with van der Waals surface area (Å²) in [6, 6.07) is 50.9. The Hall–Kier alpha value is -7.79. The topological polar surface area (TPSA) is 143 Å². The second-order valence-electron chi connectivity index (χ2n) is 32.8. The molecule has 11 heteroatoms. The van der Waals surface area contributed by atoms with Gasteiger partial charge in [0, 0.05) is 78.7 Å². The molecule has 0 spiro atoms. The average Bonchev–Trinajstić information content (AvgIpc) is 1.76. The van der Waals surface area contributed by atoms with E-state index in [1.807, 2.05) is 54.6 Å². The summed E-state index contributed by atoms with van der Waals surface area (Å²) in [5.41, 5.74) is 17.3. The SMILES string of the molecule is C.C.CC(C)/C=C1\Cc2ccccc2N1.CC(C)C.CC(C)C.CC(C)C.CC(C)C.CC(C)C.CC(C)C.CC(C)CC1=Nc2ccccc2C1.CC(C)Cc1nc2ccccc2[nH]1.CC(C)N=C1Cc2ccccc2N1.CC(C)N=C1Cc2ccccc2N1.CC(C)Nc1nc2ccccc2[nH]1. The molecule has 104 heavy (non-hydrogen) atoms. The third-order valence-corrected chi connectivity index (χ3v) is 12.5. The minimum Gasteiger partial charge on any atom is -0.359 e. The molecule has 0 bridgehead atoms. The van der Waals surface area contributed by atoms with Crippen LogP contribution in [0.25, 0.3) is 22.1 Å². The number of imidazole rings is 2. The molecule has 0 aliphatic carbocycles. The number of para-hydroxylation sites is 8. The lowest BCUT2D eigenvalue weighted by Crippen LogP contribution is -2.10. The van der Waals surface area contributed by atoms with Crippen LogP contribution < -0.4 is 21.3 Å². The van der Waals surface area contributed by atoms with Crippen LogP contribution in [0.15, 0.2) is 172 Å². The Kier molecular flexibility index (Phi) is 51.8. The van der Waals surface area contributed by atoms with Crippen LogP contribution in [0.2, 0.25) is 0 Å². The first-order chi connectivity index (χ1) is 47.9. The summed E-state index contributed by atoms with van der Waals surface area (Å²) in [5, 5.41) is 13.3. The van der Waals surface area contributed by atoms with Gasteiger partial charge in [0.1, 0.15) is 17.5 Å². The molecule has 580 valence electrons. The maximum absolute atomic E-state index is 4.61. The quantitative estimate of drug-likeness (QED) is 0.0850. The molecule has 0 radical (unpaired) electrons. The van der Waals surface area contributed by atoms with Crippen molar-refractivity contribution >= 4 is 68.1 Å². The molecular formula is C93H153N11. The van der Waals surface area contributed by atoms with Crippen molar-refractivity contribution < 1.29 is 0 Å². The first kappa shape index (κ1) is 98.3. The fraction of sp³-hybridized carbons (Fsp3) is 0.538. The molecule has 2 aromatic heterocycles. The second-order valence-corrected chi connectivity index (χ2v) is 32.8. The van der Waals surface area contributed by atoms with E-state index >= 15 is 0 Å². The number of nitrogens with zero attached hydrogens (tertiary/aromatic N) is 5. The Bertz CT molecular complexity index is 3160. The summed E-state index contributed by atoms with van der Waals surface area (Å²) in [6.45, 7) is 64.9. The molecular weight excluding hydrogens is 1270 g/mol. The zero-order chi connectivity index (χ0) is 77.0. The number of fused-ring (bicyclic) bond motifs is 6. The maximum Gasteiger partial charge on any atom is 0.201 e. The highest BCUT2D eigenvalue weighted by molar-refractivity contribution is 6.03. The first-order valence-electron chi connectivity index (χ1n) is 38.6. The molecule has 12 rings (SSSR count). The van der Waals surface area contributed by atoms with Gasteiger partial charge >= 0.3 is 0 Å². The number of aliphatic imine (C=N–C) groups is 3. The number of benzene rings is 6. The van der Waals surface area contributed by atoms with Gasteiger partial charge in [-0.2, -0.15) is 0 Å². The standard InChI is InChI=1S/2C12H15N.3C11H14N2.C10H13N3.6C4H10.2CH4/c2*1-9(2)7-11-8-10-5-3-4-6-12(10)13-11;2*1-8(2)12-11-7-9-5-3-4-6-10(9)13-11;1-8(2)7-11-12-9-5-3-4-6-10(9)13-11;1-7(2)11-10-12-8-5-3-4-6-9(8)13-10;6*1-4(2)3;;/h3-6,9H,7-8H2,1-2H3;3-7,9,13H,8H2,1-2H3;3*3-6,8H,7H2,1-2H3,(H,12,13);3-7H,1-2H3,(H2,11,12,13);6*4H,1-3H3;2*1H4/b;11-7+;;;;;;;;;;;;. The zero-order valence-electron chi connectivity index (χ0n) is 69.8. The van der Waals surface area contributed by atoms with Gasteiger partial charge in [0.2, 0.25) is 5.95 Å². The molecule has 4 aliphatic heterocycles. The lowest BCUT2D eigenvalue weighted by Gasteiger charge is -2.04. The van der Waals surface area contributed by atoms with Crippen molar-refractivity contribution in [2.45, 2.75) is 279 Å². The summed E-state index contributed by atoms with van der Waals surface area (Å²) in [7, 11) is 0. The maximum atomic E-state index is 4.61. The van der Waals surface area contributed by atoms with Crippen molar-refractivity contribution in [1.82, 2.24) is 19.9 Å². The van der Waals surface area contributed by atoms with E-state index in [4.69, 9.17) is 0 Å². The van der Waals surface area contributed by atoms with Crippen molar-refractivity contribution in [3.8, 4) is 0 Å². The predicted octanol–water partition coefficient (Wildman–Crippen LogP) is 27.9. The minimum absolute atomic E-state index is 0. The van der Waals surface area contributed by atoms with E-state index in [1.165, 1.54) is 56.4 Å². The largest absolute Gasteiger partial charge is 0.359 e. The number of aromatic nitrogens is 4. The van der Waals surface area contributed by atoms with E-state index in [2.05, 4.69) is 361 Å². The molecule has 11 nitrogen and oxygen atoms in total. The van der Waals surface area contributed by atoms with E-state index < -0.39 is 0 Å². The highest BCUT2D eigenvalue weighted by Crippen LogP contribution is 2.30. The normalized spacial score (nSPS) is 13.3. The number of allylic oxidation sites excluding steroid dienone is 2. The van der Waals surface area contributed by atoms with Gasteiger partial charge in [-0.25, -0.2) is 9.97 Å². The Balaban J connectivity index is 0. The van der Waals surface area contributed by atoms with Crippen molar-refractivity contribution in [2.24, 2.45) is 68.2 Å². The highest BCUT2D eigenvalue weighted by Gasteiger charge is 2.18. The number of rotatable bonds is 9. The number of hydrogen-bond acceptors (Lipinski definition) is 7. The van der Waals surface area contributed by atoms with Crippen LogP contribution in [-0.2, 0) is 32.1 Å². The van der Waals surface area contributed by atoms with Crippen molar-refractivity contribution in [3.63, 3.8) is 0 Å². The minimum atomic E-state index is 0. The fourth-order valence-corrected chi connectivity index (χ4v) is 9.43. The molecule has 0 atom stereocenters. The van der Waals surface area contributed by atoms with Crippen LogP contribution in [0.3, 0.4) is 0 Å².